The summed E-state index contributed by atoms with van der Waals surface area (Å²) in [5.41, 5.74) is 0.807. The van der Waals surface area contributed by atoms with Crippen LogP contribution in [0.1, 0.15) is 18.4 Å². The van der Waals surface area contributed by atoms with Gasteiger partial charge in [0, 0.05) is 33.4 Å². The van der Waals surface area contributed by atoms with Gasteiger partial charge in [-0.05, 0) is 42.7 Å². The van der Waals surface area contributed by atoms with Gasteiger partial charge in [0.1, 0.15) is 5.75 Å². The number of hydrogen-bond donors (Lipinski definition) is 1. The van der Waals surface area contributed by atoms with E-state index >= 15 is 0 Å². The highest BCUT2D eigenvalue weighted by Crippen LogP contribution is 2.24. The van der Waals surface area contributed by atoms with Crippen LogP contribution in [0, 0.1) is 5.82 Å². The van der Waals surface area contributed by atoms with Crippen molar-refractivity contribution in [2.24, 2.45) is 4.99 Å². The Labute approximate surface area is 177 Å². The first kappa shape index (κ1) is 22.9. The topological polar surface area (TPSA) is 49.8 Å². The van der Waals surface area contributed by atoms with Crippen molar-refractivity contribution in [3.05, 3.63) is 66.8 Å². The molecular formula is C20H26FIN4O. The van der Waals surface area contributed by atoms with E-state index in [0.29, 0.717) is 12.3 Å². The smallest absolute Gasteiger partial charge is 0.193 e. The predicted molar refractivity (Wildman–Crippen MR) is 118 cm³/mol. The van der Waals surface area contributed by atoms with E-state index in [2.05, 4.69) is 21.9 Å². The summed E-state index contributed by atoms with van der Waals surface area (Å²) in [6, 6.07) is 8.38. The molecule has 0 saturated heterocycles. The zero-order valence-electron chi connectivity index (χ0n) is 15.7. The molecule has 0 unspecified atom stereocenters. The fraction of sp³-hybridized carbons (Fsp3) is 0.300. The molecule has 0 aliphatic rings. The molecule has 0 fully saturated rings. The molecule has 2 aromatic rings. The lowest BCUT2D eigenvalue weighted by Gasteiger charge is -2.22. The minimum absolute atomic E-state index is 0. The van der Waals surface area contributed by atoms with Crippen LogP contribution in [0.4, 0.5) is 4.39 Å². The van der Waals surface area contributed by atoms with E-state index in [4.69, 9.17) is 4.74 Å². The molecule has 1 aromatic heterocycles. The average molecular weight is 484 g/mol. The first-order valence-electron chi connectivity index (χ1n) is 8.53. The zero-order chi connectivity index (χ0) is 18.8. The highest BCUT2D eigenvalue weighted by atomic mass is 127. The van der Waals surface area contributed by atoms with Gasteiger partial charge >= 0.3 is 0 Å². The predicted octanol–water partition coefficient (Wildman–Crippen LogP) is 4.60. The maximum Gasteiger partial charge on any atom is 0.193 e. The summed E-state index contributed by atoms with van der Waals surface area (Å²) in [5, 5.41) is 3.24. The number of guanidine groups is 1. The highest BCUT2D eigenvalue weighted by molar-refractivity contribution is 14.0. The highest BCUT2D eigenvalue weighted by Gasteiger charge is 2.08. The Morgan fingerprint density at radius 3 is 2.85 bits per heavy atom. The Kier molecular flexibility index (Phi) is 10.4. The van der Waals surface area contributed by atoms with E-state index in [9.17, 15) is 4.39 Å². The molecule has 2 rings (SSSR count). The number of benzene rings is 1. The van der Waals surface area contributed by atoms with Gasteiger partial charge in [0.15, 0.2) is 17.5 Å². The van der Waals surface area contributed by atoms with Crippen molar-refractivity contribution < 1.29 is 9.13 Å². The van der Waals surface area contributed by atoms with Gasteiger partial charge in [-0.2, -0.15) is 0 Å². The standard InChI is InChI=1S/C20H25FN4O.HI/c1-4-5-6-12-25(3)20(22-2)24-14-16-9-10-19(18(21)13-16)26-17-8-7-11-23-15-17;/h4,7-11,13,15H,1,5-6,12,14H2,2-3H3,(H,22,24);1H. The summed E-state index contributed by atoms with van der Waals surface area (Å²) < 4.78 is 19.8. The monoisotopic (exact) mass is 484 g/mol. The summed E-state index contributed by atoms with van der Waals surface area (Å²) in [7, 11) is 3.71. The lowest BCUT2D eigenvalue weighted by atomic mass is 10.2. The van der Waals surface area contributed by atoms with Gasteiger partial charge in [-0.3, -0.25) is 9.98 Å². The number of allylic oxidation sites excluding steroid dienone is 1. The van der Waals surface area contributed by atoms with Crippen molar-refractivity contribution in [2.45, 2.75) is 19.4 Å². The van der Waals surface area contributed by atoms with E-state index in [-0.39, 0.29) is 29.7 Å². The van der Waals surface area contributed by atoms with Crippen LogP contribution in [0.2, 0.25) is 0 Å². The molecule has 0 bridgehead atoms. The van der Waals surface area contributed by atoms with Gasteiger partial charge in [0.25, 0.3) is 0 Å². The van der Waals surface area contributed by atoms with Gasteiger partial charge in [-0.1, -0.05) is 12.1 Å². The number of nitrogens with one attached hydrogen (secondary N) is 1. The first-order chi connectivity index (χ1) is 12.6. The fourth-order valence-corrected chi connectivity index (χ4v) is 2.42. The van der Waals surface area contributed by atoms with Crippen LogP contribution in [-0.4, -0.2) is 36.5 Å². The van der Waals surface area contributed by atoms with Crippen LogP contribution >= 0.6 is 24.0 Å². The molecule has 1 heterocycles. The minimum atomic E-state index is -0.414. The summed E-state index contributed by atoms with van der Waals surface area (Å²) in [6.07, 6.45) is 7.06. The lowest BCUT2D eigenvalue weighted by molar-refractivity contribution is 0.439. The van der Waals surface area contributed by atoms with E-state index in [1.165, 1.54) is 6.07 Å². The van der Waals surface area contributed by atoms with Gasteiger partial charge < -0.3 is 15.0 Å². The Morgan fingerprint density at radius 2 is 2.22 bits per heavy atom. The third kappa shape index (κ3) is 7.54. The second kappa shape index (κ2) is 12.3. The van der Waals surface area contributed by atoms with Gasteiger partial charge in [-0.25, -0.2) is 4.39 Å². The van der Waals surface area contributed by atoms with Crippen LogP contribution in [0.25, 0.3) is 0 Å². The lowest BCUT2D eigenvalue weighted by Crippen LogP contribution is -2.38. The van der Waals surface area contributed by atoms with Crippen LogP contribution in [0.5, 0.6) is 11.5 Å². The SMILES string of the molecule is C=CCCCN(C)C(=NC)NCc1ccc(Oc2cccnc2)c(F)c1.I. The van der Waals surface area contributed by atoms with E-state index < -0.39 is 5.82 Å². The van der Waals surface area contributed by atoms with Gasteiger partial charge in [-0.15, -0.1) is 30.6 Å². The van der Waals surface area contributed by atoms with Crippen molar-refractivity contribution in [2.75, 3.05) is 20.6 Å². The fourth-order valence-electron chi connectivity index (χ4n) is 2.42. The maximum atomic E-state index is 14.3. The normalized spacial score (nSPS) is 10.7. The molecule has 0 saturated carbocycles. The zero-order valence-corrected chi connectivity index (χ0v) is 18.0. The van der Waals surface area contributed by atoms with Gasteiger partial charge in [0.2, 0.25) is 0 Å². The van der Waals surface area contributed by atoms with Crippen molar-refractivity contribution in [3.63, 3.8) is 0 Å². The Hall–Kier alpha value is -2.16. The van der Waals surface area contributed by atoms with Gasteiger partial charge in [0.05, 0.1) is 6.20 Å². The number of hydrogen-bond acceptors (Lipinski definition) is 3. The molecule has 1 N–H and O–H groups in total. The number of pyridine rings is 1. The molecule has 0 aliphatic heterocycles. The molecule has 0 radical (unpaired) electrons. The Balaban J connectivity index is 0.00000364. The molecule has 0 amide bonds. The molecule has 5 nitrogen and oxygen atoms in total. The van der Waals surface area contributed by atoms with Crippen molar-refractivity contribution in [3.8, 4) is 11.5 Å². The number of rotatable bonds is 8. The van der Waals surface area contributed by atoms with E-state index in [0.717, 1.165) is 30.9 Å². The van der Waals surface area contributed by atoms with Crippen molar-refractivity contribution in [1.82, 2.24) is 15.2 Å². The van der Waals surface area contributed by atoms with E-state index in [1.807, 2.05) is 24.1 Å². The molecule has 7 heteroatoms. The summed E-state index contributed by atoms with van der Waals surface area (Å²) >= 11 is 0. The molecular weight excluding hydrogens is 458 g/mol. The van der Waals surface area contributed by atoms with Crippen LogP contribution < -0.4 is 10.1 Å². The van der Waals surface area contributed by atoms with Crippen LogP contribution in [0.3, 0.4) is 0 Å². The number of ether oxygens (including phenoxy) is 1. The summed E-state index contributed by atoms with van der Waals surface area (Å²) in [4.78, 5) is 10.2. The number of halogens is 2. The molecule has 146 valence electrons. The van der Waals surface area contributed by atoms with E-state index in [1.54, 1.807) is 37.6 Å². The minimum Gasteiger partial charge on any atom is -0.453 e. The molecule has 1 aromatic carbocycles. The number of nitrogens with zero attached hydrogens (tertiary/aromatic N) is 3. The van der Waals surface area contributed by atoms with Crippen LogP contribution in [0.15, 0.2) is 60.4 Å². The third-order valence-corrected chi connectivity index (χ3v) is 3.78. The maximum absolute atomic E-state index is 14.3. The second-order valence-electron chi connectivity index (χ2n) is 5.81. The first-order valence-corrected chi connectivity index (χ1v) is 8.53. The molecule has 0 atom stereocenters. The Bertz CT molecular complexity index is 740. The third-order valence-electron chi connectivity index (χ3n) is 3.78. The number of aliphatic imine (C=N–C) groups is 1. The summed E-state index contributed by atoms with van der Waals surface area (Å²) in [5.74, 6) is 1.03. The average Bonchev–Trinajstić information content (AvgIpc) is 2.65. The largest absolute Gasteiger partial charge is 0.453 e. The number of unbranched alkanes of at least 4 members (excludes halogenated alkanes) is 1. The van der Waals surface area contributed by atoms with Crippen molar-refractivity contribution >= 4 is 29.9 Å². The second-order valence-corrected chi connectivity index (χ2v) is 5.81. The molecule has 0 spiro atoms. The molecule has 27 heavy (non-hydrogen) atoms. The van der Waals surface area contributed by atoms with Crippen molar-refractivity contribution in [1.29, 1.82) is 0 Å². The Morgan fingerprint density at radius 1 is 1.41 bits per heavy atom. The quantitative estimate of drug-likeness (QED) is 0.196. The van der Waals surface area contributed by atoms with Crippen LogP contribution in [-0.2, 0) is 6.54 Å². The summed E-state index contributed by atoms with van der Waals surface area (Å²) in [6.45, 7) is 5.07. The number of aromatic nitrogens is 1. The molecule has 0 aliphatic carbocycles.